The first-order valence-electron chi connectivity index (χ1n) is 8.94. The number of aliphatic carboxylic acids is 1. The molecule has 2 amide bonds. The largest absolute Gasteiger partial charge is 0.480 e. The lowest BCUT2D eigenvalue weighted by Gasteiger charge is -2.42. The van der Waals surface area contributed by atoms with E-state index in [2.05, 4.69) is 10.6 Å². The topological polar surface area (TPSA) is 98.7 Å². The van der Waals surface area contributed by atoms with E-state index in [0.717, 1.165) is 38.5 Å². The maximum Gasteiger partial charge on any atom is 0.317 e. The van der Waals surface area contributed by atoms with E-state index >= 15 is 0 Å². The molecule has 1 atom stereocenters. The van der Waals surface area contributed by atoms with Crippen LogP contribution in [-0.2, 0) is 14.4 Å². The lowest BCUT2D eigenvalue weighted by atomic mass is 9.84. The fourth-order valence-electron chi connectivity index (χ4n) is 3.87. The zero-order valence-electron chi connectivity index (χ0n) is 14.6. The Morgan fingerprint density at radius 1 is 1.21 bits per heavy atom. The first kappa shape index (κ1) is 18.7. The molecule has 7 nitrogen and oxygen atoms in total. The molecule has 2 fully saturated rings. The molecule has 0 aromatic rings. The molecule has 0 aromatic carbocycles. The average Bonchev–Trinajstić information content (AvgIpc) is 2.99. The molecule has 3 N–H and O–H groups in total. The standard InChI is InChI=1S/C17H29N3O4/c1-3-20(10-15(22)23)14-8-13(9-14)19-17(24)16(18-11(2)21)12-6-4-5-7-12/h12-14,16H,3-10H2,1-2H3,(H,18,21)(H,19,24)(H,22,23). The summed E-state index contributed by atoms with van der Waals surface area (Å²) >= 11 is 0. The predicted molar refractivity (Wildman–Crippen MR) is 89.4 cm³/mol. The molecule has 0 heterocycles. The number of likely N-dealkylation sites (N-methyl/N-ethyl adjacent to an activating group) is 1. The summed E-state index contributed by atoms with van der Waals surface area (Å²) in [5.41, 5.74) is 0. The lowest BCUT2D eigenvalue weighted by Crippen LogP contribution is -2.58. The summed E-state index contributed by atoms with van der Waals surface area (Å²) < 4.78 is 0. The maximum absolute atomic E-state index is 12.6. The van der Waals surface area contributed by atoms with Crippen molar-refractivity contribution >= 4 is 17.8 Å². The Labute approximate surface area is 143 Å². The van der Waals surface area contributed by atoms with Crippen molar-refractivity contribution in [2.75, 3.05) is 13.1 Å². The third-order valence-electron chi connectivity index (χ3n) is 5.23. The molecule has 24 heavy (non-hydrogen) atoms. The number of hydrogen-bond donors (Lipinski definition) is 3. The number of carboxylic acid groups (broad SMARTS) is 1. The molecule has 0 bridgehead atoms. The van der Waals surface area contributed by atoms with Crippen LogP contribution in [0.3, 0.4) is 0 Å². The quantitative estimate of drug-likeness (QED) is 0.606. The molecular formula is C17H29N3O4. The minimum Gasteiger partial charge on any atom is -0.480 e. The van der Waals surface area contributed by atoms with Crippen molar-refractivity contribution < 1.29 is 19.5 Å². The second-order valence-corrected chi connectivity index (χ2v) is 7.01. The number of carbonyl (C=O) groups excluding carboxylic acids is 2. The van der Waals surface area contributed by atoms with Crippen LogP contribution >= 0.6 is 0 Å². The van der Waals surface area contributed by atoms with Crippen molar-refractivity contribution in [1.29, 1.82) is 0 Å². The Hall–Kier alpha value is -1.63. The van der Waals surface area contributed by atoms with Crippen molar-refractivity contribution in [2.45, 2.75) is 70.5 Å². The van der Waals surface area contributed by atoms with Gasteiger partial charge in [0.15, 0.2) is 0 Å². The molecule has 2 aliphatic carbocycles. The molecule has 2 rings (SSSR count). The Bertz CT molecular complexity index is 470. The van der Waals surface area contributed by atoms with Gasteiger partial charge in [-0.2, -0.15) is 0 Å². The van der Waals surface area contributed by atoms with Gasteiger partial charge in [0.1, 0.15) is 6.04 Å². The SMILES string of the molecule is CCN(CC(=O)O)C1CC(NC(=O)C(NC(C)=O)C2CCCC2)C1. The van der Waals surface area contributed by atoms with Crippen molar-refractivity contribution in [2.24, 2.45) is 5.92 Å². The van der Waals surface area contributed by atoms with Crippen molar-refractivity contribution in [3.8, 4) is 0 Å². The minimum absolute atomic E-state index is 0.0401. The van der Waals surface area contributed by atoms with Crippen molar-refractivity contribution in [1.82, 2.24) is 15.5 Å². The molecule has 7 heteroatoms. The van der Waals surface area contributed by atoms with Crippen LogP contribution in [0.5, 0.6) is 0 Å². The molecule has 0 radical (unpaired) electrons. The summed E-state index contributed by atoms with van der Waals surface area (Å²) in [6.45, 7) is 4.12. The molecule has 0 aromatic heterocycles. The molecule has 0 saturated heterocycles. The van der Waals surface area contributed by atoms with Gasteiger partial charge in [-0.25, -0.2) is 0 Å². The van der Waals surface area contributed by atoms with E-state index in [0.29, 0.717) is 6.54 Å². The number of carboxylic acids is 1. The maximum atomic E-state index is 12.6. The fraction of sp³-hybridized carbons (Fsp3) is 0.824. The number of amides is 2. The van der Waals surface area contributed by atoms with Crippen LogP contribution in [0.2, 0.25) is 0 Å². The number of rotatable bonds is 8. The van der Waals surface area contributed by atoms with Gasteiger partial charge in [0.2, 0.25) is 11.8 Å². The van der Waals surface area contributed by atoms with E-state index in [1.54, 1.807) is 0 Å². The van der Waals surface area contributed by atoms with Crippen LogP contribution in [0.4, 0.5) is 0 Å². The molecule has 0 spiro atoms. The van der Waals surface area contributed by atoms with Gasteiger partial charge in [-0.15, -0.1) is 0 Å². The van der Waals surface area contributed by atoms with Gasteiger partial charge in [-0.05, 0) is 38.1 Å². The molecule has 2 saturated carbocycles. The third kappa shape index (κ3) is 4.93. The van der Waals surface area contributed by atoms with E-state index < -0.39 is 12.0 Å². The third-order valence-corrected chi connectivity index (χ3v) is 5.23. The van der Waals surface area contributed by atoms with Crippen LogP contribution in [0.15, 0.2) is 0 Å². The van der Waals surface area contributed by atoms with Gasteiger partial charge < -0.3 is 15.7 Å². The number of nitrogens with one attached hydrogen (secondary N) is 2. The average molecular weight is 339 g/mol. The van der Waals surface area contributed by atoms with Crippen LogP contribution in [0.25, 0.3) is 0 Å². The van der Waals surface area contributed by atoms with Gasteiger partial charge in [-0.1, -0.05) is 19.8 Å². The van der Waals surface area contributed by atoms with Crippen LogP contribution in [-0.4, -0.2) is 59.0 Å². The zero-order chi connectivity index (χ0) is 17.7. The molecular weight excluding hydrogens is 310 g/mol. The molecule has 1 unspecified atom stereocenters. The number of carbonyl (C=O) groups is 3. The lowest BCUT2D eigenvalue weighted by molar-refractivity contribution is -0.140. The van der Waals surface area contributed by atoms with Gasteiger partial charge in [0.05, 0.1) is 6.54 Å². The first-order chi connectivity index (χ1) is 11.4. The van der Waals surface area contributed by atoms with Gasteiger partial charge >= 0.3 is 5.97 Å². The summed E-state index contributed by atoms with van der Waals surface area (Å²) in [4.78, 5) is 36.8. The molecule has 0 aliphatic heterocycles. The van der Waals surface area contributed by atoms with E-state index in [1.807, 2.05) is 11.8 Å². The van der Waals surface area contributed by atoms with E-state index in [1.165, 1.54) is 6.92 Å². The molecule has 136 valence electrons. The highest BCUT2D eigenvalue weighted by Gasteiger charge is 2.37. The van der Waals surface area contributed by atoms with Crippen molar-refractivity contribution in [3.05, 3.63) is 0 Å². The number of nitrogens with zero attached hydrogens (tertiary/aromatic N) is 1. The van der Waals surface area contributed by atoms with Crippen LogP contribution in [0, 0.1) is 5.92 Å². The van der Waals surface area contributed by atoms with Crippen molar-refractivity contribution in [3.63, 3.8) is 0 Å². The zero-order valence-corrected chi connectivity index (χ0v) is 14.6. The van der Waals surface area contributed by atoms with Gasteiger partial charge in [0.25, 0.3) is 0 Å². The highest BCUT2D eigenvalue weighted by Crippen LogP contribution is 2.29. The summed E-state index contributed by atoms with van der Waals surface area (Å²) in [5.74, 6) is -0.866. The number of hydrogen-bond acceptors (Lipinski definition) is 4. The van der Waals surface area contributed by atoms with Crippen LogP contribution in [0.1, 0.15) is 52.4 Å². The van der Waals surface area contributed by atoms with E-state index in [-0.39, 0.29) is 36.4 Å². The minimum atomic E-state index is -0.823. The Morgan fingerprint density at radius 2 is 1.83 bits per heavy atom. The summed E-state index contributed by atoms with van der Waals surface area (Å²) in [6, 6.07) is -0.157. The predicted octanol–water partition coefficient (Wildman–Crippen LogP) is 0.735. The monoisotopic (exact) mass is 339 g/mol. The van der Waals surface area contributed by atoms with E-state index in [4.69, 9.17) is 5.11 Å². The summed E-state index contributed by atoms with van der Waals surface area (Å²) in [6.07, 6.45) is 5.72. The Kier molecular flexibility index (Phi) is 6.60. The van der Waals surface area contributed by atoms with Gasteiger partial charge in [-0.3, -0.25) is 19.3 Å². The summed E-state index contributed by atoms with van der Waals surface area (Å²) in [5, 5.41) is 14.8. The van der Waals surface area contributed by atoms with Crippen LogP contribution < -0.4 is 10.6 Å². The summed E-state index contributed by atoms with van der Waals surface area (Å²) in [7, 11) is 0. The normalized spacial score (nSPS) is 25.1. The highest BCUT2D eigenvalue weighted by atomic mass is 16.4. The highest BCUT2D eigenvalue weighted by molar-refractivity contribution is 5.87. The van der Waals surface area contributed by atoms with E-state index in [9.17, 15) is 14.4 Å². The fourth-order valence-corrected chi connectivity index (χ4v) is 3.87. The first-order valence-corrected chi connectivity index (χ1v) is 8.94. The molecule has 2 aliphatic rings. The van der Waals surface area contributed by atoms with Gasteiger partial charge in [0, 0.05) is 19.0 Å². The second-order valence-electron chi connectivity index (χ2n) is 7.01. The smallest absolute Gasteiger partial charge is 0.317 e. The Morgan fingerprint density at radius 3 is 2.33 bits per heavy atom. The second kappa shape index (κ2) is 8.46. The Balaban J connectivity index is 1.83.